The topological polar surface area (TPSA) is 102 Å². The molecule has 0 aliphatic carbocycles. The van der Waals surface area contributed by atoms with E-state index in [-0.39, 0.29) is 23.1 Å². The first-order chi connectivity index (χ1) is 12.8. The number of amides is 1. The highest BCUT2D eigenvalue weighted by molar-refractivity contribution is 6.31. The highest BCUT2D eigenvalue weighted by atomic mass is 35.5. The van der Waals surface area contributed by atoms with Gasteiger partial charge < -0.3 is 10.4 Å². The van der Waals surface area contributed by atoms with Gasteiger partial charge in [0.05, 0.1) is 6.54 Å². The van der Waals surface area contributed by atoms with Gasteiger partial charge in [0.1, 0.15) is 11.9 Å². The Morgan fingerprint density at radius 3 is 2.70 bits per heavy atom. The molecule has 1 atom stereocenters. The lowest BCUT2D eigenvalue weighted by molar-refractivity contribution is -0.119. The number of carbonyl (C=O) groups is 2. The Bertz CT molecular complexity index is 980. The van der Waals surface area contributed by atoms with Gasteiger partial charge in [0, 0.05) is 29.0 Å². The molecule has 10 heteroatoms. The molecule has 1 amide bonds. The normalized spacial score (nSPS) is 12.0. The van der Waals surface area contributed by atoms with E-state index in [0.717, 1.165) is 0 Å². The van der Waals surface area contributed by atoms with Crippen molar-refractivity contribution in [1.82, 2.24) is 19.6 Å². The summed E-state index contributed by atoms with van der Waals surface area (Å²) in [5.41, 5.74) is 0.145. The number of hydrogen-bond donors (Lipinski definition) is 2. The highest BCUT2D eigenvalue weighted by Gasteiger charge is 2.19. The number of nitrogens with one attached hydrogen (secondary N) is 1. The Labute approximate surface area is 158 Å². The lowest BCUT2D eigenvalue weighted by Crippen LogP contribution is -2.24. The van der Waals surface area contributed by atoms with Gasteiger partial charge in [-0.3, -0.25) is 14.2 Å². The fourth-order valence-corrected chi connectivity index (χ4v) is 2.60. The molecule has 0 aliphatic heterocycles. The van der Waals surface area contributed by atoms with Crippen molar-refractivity contribution >= 4 is 29.3 Å². The predicted molar refractivity (Wildman–Crippen MR) is 95.3 cm³/mol. The third kappa shape index (κ3) is 4.14. The van der Waals surface area contributed by atoms with Crippen LogP contribution >= 0.6 is 11.6 Å². The van der Waals surface area contributed by atoms with Crippen molar-refractivity contribution in [1.29, 1.82) is 0 Å². The van der Waals surface area contributed by atoms with Crippen molar-refractivity contribution in [3.05, 3.63) is 64.8 Å². The quantitative estimate of drug-likeness (QED) is 0.672. The second-order valence-electron chi connectivity index (χ2n) is 5.75. The SMILES string of the molecule is CC(C(=O)Nc1ccn(Cc2c(F)cccc2Cl)n1)n1ccc(C(=O)O)n1. The van der Waals surface area contributed by atoms with Crippen LogP contribution in [-0.2, 0) is 11.3 Å². The van der Waals surface area contributed by atoms with E-state index in [1.807, 2.05) is 0 Å². The van der Waals surface area contributed by atoms with Gasteiger partial charge in [0.15, 0.2) is 11.5 Å². The maximum atomic E-state index is 13.9. The minimum absolute atomic E-state index is 0.109. The van der Waals surface area contributed by atoms with Crippen LogP contribution in [0.2, 0.25) is 5.02 Å². The van der Waals surface area contributed by atoms with E-state index >= 15 is 0 Å². The number of rotatable bonds is 6. The number of carboxylic acids is 1. The Morgan fingerprint density at radius 1 is 1.26 bits per heavy atom. The molecular weight excluding hydrogens is 377 g/mol. The van der Waals surface area contributed by atoms with Crippen LogP contribution in [0.25, 0.3) is 0 Å². The largest absolute Gasteiger partial charge is 0.476 e. The van der Waals surface area contributed by atoms with Gasteiger partial charge in [-0.05, 0) is 25.1 Å². The highest BCUT2D eigenvalue weighted by Crippen LogP contribution is 2.20. The van der Waals surface area contributed by atoms with E-state index in [2.05, 4.69) is 15.5 Å². The average molecular weight is 392 g/mol. The van der Waals surface area contributed by atoms with Crippen LogP contribution < -0.4 is 5.32 Å². The number of hydrogen-bond acceptors (Lipinski definition) is 4. The Balaban J connectivity index is 1.67. The van der Waals surface area contributed by atoms with E-state index in [1.54, 1.807) is 25.3 Å². The monoisotopic (exact) mass is 391 g/mol. The van der Waals surface area contributed by atoms with E-state index < -0.39 is 23.7 Å². The summed E-state index contributed by atoms with van der Waals surface area (Å²) in [4.78, 5) is 23.2. The summed E-state index contributed by atoms with van der Waals surface area (Å²) in [6.07, 6.45) is 2.99. The second-order valence-corrected chi connectivity index (χ2v) is 6.16. The summed E-state index contributed by atoms with van der Waals surface area (Å²) in [7, 11) is 0. The Hall–Kier alpha value is -3.20. The zero-order valence-electron chi connectivity index (χ0n) is 14.1. The maximum absolute atomic E-state index is 13.9. The molecule has 1 unspecified atom stereocenters. The molecule has 2 aromatic heterocycles. The maximum Gasteiger partial charge on any atom is 0.356 e. The number of aromatic nitrogens is 4. The Kier molecular flexibility index (Phi) is 5.22. The number of benzene rings is 1. The van der Waals surface area contributed by atoms with Crippen LogP contribution in [0, 0.1) is 5.82 Å². The number of aromatic carboxylic acids is 1. The van der Waals surface area contributed by atoms with Crippen LogP contribution in [0.1, 0.15) is 29.0 Å². The van der Waals surface area contributed by atoms with Crippen molar-refractivity contribution in [3.8, 4) is 0 Å². The van der Waals surface area contributed by atoms with Crippen molar-refractivity contribution in [2.24, 2.45) is 0 Å². The Morgan fingerprint density at radius 2 is 2.04 bits per heavy atom. The van der Waals surface area contributed by atoms with Gasteiger partial charge in [-0.25, -0.2) is 9.18 Å². The third-order valence-electron chi connectivity index (χ3n) is 3.88. The molecule has 2 heterocycles. The van der Waals surface area contributed by atoms with Crippen molar-refractivity contribution < 1.29 is 19.1 Å². The van der Waals surface area contributed by atoms with Gasteiger partial charge in [0.25, 0.3) is 0 Å². The molecule has 3 rings (SSSR count). The minimum atomic E-state index is -1.17. The fraction of sp³-hybridized carbons (Fsp3) is 0.176. The first-order valence-electron chi connectivity index (χ1n) is 7.91. The third-order valence-corrected chi connectivity index (χ3v) is 4.23. The number of anilines is 1. The van der Waals surface area contributed by atoms with E-state index in [0.29, 0.717) is 5.56 Å². The molecule has 0 aliphatic rings. The van der Waals surface area contributed by atoms with Crippen LogP contribution in [-0.4, -0.2) is 36.5 Å². The average Bonchev–Trinajstić information content (AvgIpc) is 3.27. The first kappa shape index (κ1) is 18.6. The van der Waals surface area contributed by atoms with E-state index in [1.165, 1.54) is 33.8 Å². The minimum Gasteiger partial charge on any atom is -0.476 e. The molecular formula is C17H15ClFN5O3. The molecule has 0 bridgehead atoms. The van der Waals surface area contributed by atoms with Gasteiger partial charge in [0.2, 0.25) is 5.91 Å². The number of halogens is 2. The van der Waals surface area contributed by atoms with Crippen molar-refractivity contribution in [2.45, 2.75) is 19.5 Å². The number of carboxylic acid groups (broad SMARTS) is 1. The zero-order valence-corrected chi connectivity index (χ0v) is 14.9. The fourth-order valence-electron chi connectivity index (χ4n) is 2.38. The zero-order chi connectivity index (χ0) is 19.6. The summed E-state index contributed by atoms with van der Waals surface area (Å²) < 4.78 is 16.5. The van der Waals surface area contributed by atoms with Gasteiger partial charge in [-0.15, -0.1) is 0 Å². The molecule has 0 saturated carbocycles. The molecule has 0 radical (unpaired) electrons. The molecule has 2 N–H and O–H groups in total. The summed E-state index contributed by atoms with van der Waals surface area (Å²) in [6.45, 7) is 1.68. The summed E-state index contributed by atoms with van der Waals surface area (Å²) in [5, 5.41) is 19.8. The molecule has 0 spiro atoms. The molecule has 0 fully saturated rings. The van der Waals surface area contributed by atoms with Crippen molar-refractivity contribution in [3.63, 3.8) is 0 Å². The van der Waals surface area contributed by atoms with Gasteiger partial charge in [-0.1, -0.05) is 17.7 Å². The predicted octanol–water partition coefficient (Wildman–Crippen LogP) is 2.82. The molecule has 3 aromatic rings. The van der Waals surface area contributed by atoms with Crippen molar-refractivity contribution in [2.75, 3.05) is 5.32 Å². The molecule has 0 saturated heterocycles. The lowest BCUT2D eigenvalue weighted by Gasteiger charge is -2.11. The van der Waals surface area contributed by atoms with Gasteiger partial charge in [-0.2, -0.15) is 10.2 Å². The van der Waals surface area contributed by atoms with Crippen LogP contribution in [0.15, 0.2) is 42.7 Å². The summed E-state index contributed by atoms with van der Waals surface area (Å²) >= 11 is 6.00. The molecule has 1 aromatic carbocycles. The number of nitrogens with zero attached hydrogens (tertiary/aromatic N) is 4. The summed E-state index contributed by atoms with van der Waals surface area (Å²) in [6, 6.07) is 6.53. The smallest absolute Gasteiger partial charge is 0.356 e. The molecule has 140 valence electrons. The molecule has 8 nitrogen and oxygen atoms in total. The van der Waals surface area contributed by atoms with E-state index in [4.69, 9.17) is 16.7 Å². The lowest BCUT2D eigenvalue weighted by atomic mass is 10.2. The van der Waals surface area contributed by atoms with Crippen LogP contribution in [0.5, 0.6) is 0 Å². The number of carbonyl (C=O) groups excluding carboxylic acids is 1. The van der Waals surface area contributed by atoms with Gasteiger partial charge >= 0.3 is 5.97 Å². The van der Waals surface area contributed by atoms with E-state index in [9.17, 15) is 14.0 Å². The summed E-state index contributed by atoms with van der Waals surface area (Å²) in [5.74, 6) is -1.77. The van der Waals surface area contributed by atoms with Crippen LogP contribution in [0.4, 0.5) is 10.2 Å². The molecule has 27 heavy (non-hydrogen) atoms. The van der Waals surface area contributed by atoms with Crippen LogP contribution in [0.3, 0.4) is 0 Å². The second kappa shape index (κ2) is 7.58. The first-order valence-corrected chi connectivity index (χ1v) is 8.28. The standard InChI is InChI=1S/C17H15ClFN5O3/c1-10(24-8-5-14(21-24)17(26)27)16(25)20-15-6-7-23(22-15)9-11-12(18)3-2-4-13(11)19/h2-8,10H,9H2,1H3,(H,26,27)(H,20,22,25).